The van der Waals surface area contributed by atoms with Crippen LogP contribution in [0.5, 0.6) is 11.8 Å². The van der Waals surface area contributed by atoms with Crippen molar-refractivity contribution in [3.05, 3.63) is 36.7 Å². The van der Waals surface area contributed by atoms with E-state index in [0.717, 1.165) is 0 Å². The van der Waals surface area contributed by atoms with Crippen molar-refractivity contribution >= 4 is 17.0 Å². The van der Waals surface area contributed by atoms with Crippen LogP contribution in [0.1, 0.15) is 6.92 Å². The highest BCUT2D eigenvalue weighted by atomic mass is 16.5. The molecule has 0 fully saturated rings. The smallest absolute Gasteiger partial charge is 0.320 e. The van der Waals surface area contributed by atoms with Crippen LogP contribution in [0.3, 0.4) is 0 Å². The lowest BCUT2D eigenvalue weighted by Crippen LogP contribution is -2.23. The first-order valence-electron chi connectivity index (χ1n) is 7.64. The number of aliphatic hydroxyl groups is 1. The molecule has 0 spiro atoms. The molecular weight excluding hydrogens is 310 g/mol. The van der Waals surface area contributed by atoms with Gasteiger partial charge in [-0.3, -0.25) is 0 Å². The average molecular weight is 329 g/mol. The highest BCUT2D eigenvalue weighted by Gasteiger charge is 2.14. The van der Waals surface area contributed by atoms with Crippen molar-refractivity contribution in [1.29, 1.82) is 0 Å². The Balaban J connectivity index is 1.72. The van der Waals surface area contributed by atoms with Crippen LogP contribution in [0.4, 0.5) is 5.82 Å². The van der Waals surface area contributed by atoms with Crippen LogP contribution < -0.4 is 15.2 Å². The molecule has 2 aromatic heterocycles. The molecule has 3 N–H and O–H groups in total. The minimum absolute atomic E-state index is 0.155. The summed E-state index contributed by atoms with van der Waals surface area (Å²) in [6, 6.07) is 9.52. The Hall–Kier alpha value is -2.87. The minimum atomic E-state index is -0.727. The maximum absolute atomic E-state index is 10.2. The number of aromatic nitrogens is 4. The summed E-state index contributed by atoms with van der Waals surface area (Å²) in [5.74, 6) is 0.953. The fraction of sp³-hybridized carbons (Fsp3) is 0.312. The second kappa shape index (κ2) is 7.14. The number of nitrogen functional groups attached to an aromatic ring is 1. The summed E-state index contributed by atoms with van der Waals surface area (Å²) < 4.78 is 12.6. The van der Waals surface area contributed by atoms with E-state index in [2.05, 4.69) is 15.0 Å². The molecule has 126 valence electrons. The van der Waals surface area contributed by atoms with Crippen molar-refractivity contribution in [2.45, 2.75) is 19.6 Å². The Morgan fingerprint density at radius 3 is 2.75 bits per heavy atom. The van der Waals surface area contributed by atoms with Crippen LogP contribution in [-0.2, 0) is 6.54 Å². The van der Waals surface area contributed by atoms with Gasteiger partial charge in [0.05, 0.1) is 19.5 Å². The first-order valence-corrected chi connectivity index (χ1v) is 7.64. The molecule has 0 aliphatic heterocycles. The number of nitrogens with two attached hydrogens (primary N) is 1. The summed E-state index contributed by atoms with van der Waals surface area (Å²) >= 11 is 0. The monoisotopic (exact) mass is 329 g/mol. The molecule has 1 aromatic carbocycles. The van der Waals surface area contributed by atoms with E-state index >= 15 is 0 Å². The zero-order valence-electron chi connectivity index (χ0n) is 13.3. The first kappa shape index (κ1) is 16.0. The number of nitrogens with zero attached hydrogens (tertiary/aromatic N) is 4. The van der Waals surface area contributed by atoms with Gasteiger partial charge >= 0.3 is 6.01 Å². The molecule has 0 bridgehead atoms. The van der Waals surface area contributed by atoms with Gasteiger partial charge in [-0.25, -0.2) is 4.98 Å². The lowest BCUT2D eigenvalue weighted by Gasteiger charge is -2.13. The quantitative estimate of drug-likeness (QED) is 0.671. The molecule has 1 unspecified atom stereocenters. The normalized spacial score (nSPS) is 12.2. The number of ether oxygens (including phenoxy) is 2. The fourth-order valence-corrected chi connectivity index (χ4v) is 2.26. The van der Waals surface area contributed by atoms with Crippen molar-refractivity contribution in [3.8, 4) is 11.8 Å². The number of imidazole rings is 1. The van der Waals surface area contributed by atoms with Crippen molar-refractivity contribution in [3.63, 3.8) is 0 Å². The van der Waals surface area contributed by atoms with Crippen molar-refractivity contribution in [2.24, 2.45) is 0 Å². The highest BCUT2D eigenvalue weighted by molar-refractivity contribution is 5.81. The molecule has 0 aliphatic rings. The molecule has 0 saturated carbocycles. The zero-order chi connectivity index (χ0) is 16.9. The van der Waals surface area contributed by atoms with Gasteiger partial charge in [0.25, 0.3) is 0 Å². The molecule has 3 rings (SSSR count). The second-order valence-electron chi connectivity index (χ2n) is 5.17. The Bertz CT molecular complexity index is 806. The van der Waals surface area contributed by atoms with Gasteiger partial charge in [0, 0.05) is 0 Å². The third-order valence-electron chi connectivity index (χ3n) is 3.34. The summed E-state index contributed by atoms with van der Waals surface area (Å²) in [5.41, 5.74) is 6.87. The van der Waals surface area contributed by atoms with Crippen molar-refractivity contribution in [2.75, 3.05) is 18.9 Å². The second-order valence-corrected chi connectivity index (χ2v) is 5.17. The number of benzene rings is 1. The molecule has 8 heteroatoms. The Labute approximate surface area is 138 Å². The van der Waals surface area contributed by atoms with E-state index in [0.29, 0.717) is 23.5 Å². The van der Waals surface area contributed by atoms with Gasteiger partial charge in [0.15, 0.2) is 17.0 Å². The molecule has 2 heterocycles. The van der Waals surface area contributed by atoms with E-state index in [1.807, 2.05) is 37.3 Å². The van der Waals surface area contributed by atoms with E-state index in [1.165, 1.54) is 0 Å². The van der Waals surface area contributed by atoms with Crippen LogP contribution >= 0.6 is 0 Å². The minimum Gasteiger partial charge on any atom is -0.491 e. The first-order chi connectivity index (χ1) is 11.7. The summed E-state index contributed by atoms with van der Waals surface area (Å²) in [4.78, 5) is 12.5. The van der Waals surface area contributed by atoms with Crippen molar-refractivity contribution in [1.82, 2.24) is 19.5 Å². The SMILES string of the molecule is CCOc1nc(N)c2ncn(CC(O)COc3ccccc3)c2n1. The van der Waals surface area contributed by atoms with Crippen LogP contribution in [0.25, 0.3) is 11.2 Å². The van der Waals surface area contributed by atoms with E-state index < -0.39 is 6.10 Å². The van der Waals surface area contributed by atoms with E-state index in [9.17, 15) is 5.11 Å². The molecule has 0 saturated heterocycles. The lowest BCUT2D eigenvalue weighted by molar-refractivity contribution is 0.0932. The van der Waals surface area contributed by atoms with Gasteiger partial charge in [-0.05, 0) is 19.1 Å². The zero-order valence-corrected chi connectivity index (χ0v) is 13.3. The molecular formula is C16H19N5O3. The molecule has 24 heavy (non-hydrogen) atoms. The van der Waals surface area contributed by atoms with E-state index in [4.69, 9.17) is 15.2 Å². The maximum Gasteiger partial charge on any atom is 0.320 e. The van der Waals surface area contributed by atoms with Crippen LogP contribution in [0, 0.1) is 0 Å². The number of hydrogen-bond acceptors (Lipinski definition) is 7. The summed E-state index contributed by atoms with van der Waals surface area (Å²) in [6.45, 7) is 2.70. The summed E-state index contributed by atoms with van der Waals surface area (Å²) in [7, 11) is 0. The predicted molar refractivity (Wildman–Crippen MR) is 88.8 cm³/mol. The number of fused-ring (bicyclic) bond motifs is 1. The highest BCUT2D eigenvalue weighted by Crippen LogP contribution is 2.19. The van der Waals surface area contributed by atoms with E-state index in [1.54, 1.807) is 10.9 Å². The topological polar surface area (TPSA) is 108 Å². The number of anilines is 1. The number of rotatable bonds is 7. The van der Waals surface area contributed by atoms with Crippen LogP contribution in [-0.4, -0.2) is 43.9 Å². The number of hydrogen-bond donors (Lipinski definition) is 2. The molecule has 3 aromatic rings. The maximum atomic E-state index is 10.2. The Kier molecular flexibility index (Phi) is 4.76. The Morgan fingerprint density at radius 2 is 2.00 bits per heavy atom. The predicted octanol–water partition coefficient (Wildman–Crippen LogP) is 1.25. The molecule has 0 radical (unpaired) electrons. The van der Waals surface area contributed by atoms with E-state index in [-0.39, 0.29) is 25.0 Å². The van der Waals surface area contributed by atoms with Crippen LogP contribution in [0.2, 0.25) is 0 Å². The standard InChI is InChI=1S/C16H19N5O3/c1-2-23-16-19-14(17)13-15(20-16)21(10-18-13)8-11(22)9-24-12-6-4-3-5-7-12/h3-7,10-11,22H,2,8-9H2,1H3,(H2,17,19,20). The number of aliphatic hydroxyl groups excluding tert-OH is 1. The Morgan fingerprint density at radius 1 is 1.21 bits per heavy atom. The fourth-order valence-electron chi connectivity index (χ4n) is 2.26. The summed E-state index contributed by atoms with van der Waals surface area (Å²) in [5, 5.41) is 10.2. The largest absolute Gasteiger partial charge is 0.491 e. The summed E-state index contributed by atoms with van der Waals surface area (Å²) in [6.07, 6.45) is 0.839. The van der Waals surface area contributed by atoms with Crippen LogP contribution in [0.15, 0.2) is 36.7 Å². The van der Waals surface area contributed by atoms with Gasteiger partial charge in [-0.2, -0.15) is 9.97 Å². The van der Waals surface area contributed by atoms with Gasteiger partial charge in [-0.15, -0.1) is 0 Å². The molecule has 0 aliphatic carbocycles. The molecule has 0 amide bonds. The lowest BCUT2D eigenvalue weighted by atomic mass is 10.3. The van der Waals surface area contributed by atoms with Gasteiger partial charge in [-0.1, -0.05) is 18.2 Å². The van der Waals surface area contributed by atoms with Gasteiger partial charge in [0.1, 0.15) is 18.5 Å². The molecule has 8 nitrogen and oxygen atoms in total. The van der Waals surface area contributed by atoms with Gasteiger partial charge in [0.2, 0.25) is 0 Å². The third-order valence-corrected chi connectivity index (χ3v) is 3.34. The molecule has 1 atom stereocenters. The average Bonchev–Trinajstić information content (AvgIpc) is 2.98. The number of para-hydroxylation sites is 1. The van der Waals surface area contributed by atoms with Gasteiger partial charge < -0.3 is 24.9 Å². The van der Waals surface area contributed by atoms with Crippen molar-refractivity contribution < 1.29 is 14.6 Å². The third kappa shape index (κ3) is 3.54.